The fourth-order valence-corrected chi connectivity index (χ4v) is 0.834. The van der Waals surface area contributed by atoms with Gasteiger partial charge < -0.3 is 4.74 Å². The fourth-order valence-electron chi connectivity index (χ4n) is 0.414. The van der Waals surface area contributed by atoms with Crippen LogP contribution in [0.5, 0.6) is 0 Å². The Morgan fingerprint density at radius 2 is 1.47 bits per heavy atom. The minimum Gasteiger partial charge on any atom is -0.385 e. The molecule has 0 radical (unpaired) electrons. The van der Waals surface area contributed by atoms with Crippen molar-refractivity contribution in [1.82, 2.24) is 0 Å². The molecule has 0 bridgehead atoms. The van der Waals surface area contributed by atoms with E-state index in [1.165, 1.54) is 0 Å². The highest BCUT2D eigenvalue weighted by atomic mass is 35.7. The number of hydrogen-bond donors (Lipinski definition) is 0. The van der Waals surface area contributed by atoms with E-state index in [9.17, 15) is 16.8 Å². The summed E-state index contributed by atoms with van der Waals surface area (Å²) in [5.74, 6) is 0. The van der Waals surface area contributed by atoms with Crippen molar-refractivity contribution in [3.05, 3.63) is 0 Å². The molecule has 6 nitrogen and oxygen atoms in total. The van der Waals surface area contributed by atoms with Crippen molar-refractivity contribution in [3.8, 4) is 0 Å². The van der Waals surface area contributed by atoms with E-state index in [0.29, 0.717) is 13.0 Å². The average molecular weight is 283 g/mol. The Morgan fingerprint density at radius 1 is 1.07 bits per heavy atom. The lowest BCUT2D eigenvalue weighted by Gasteiger charge is -1.98. The maximum Gasteiger partial charge on any atom is 0.264 e. The molecule has 94 valence electrons. The van der Waals surface area contributed by atoms with Gasteiger partial charge >= 0.3 is 0 Å². The average Bonchev–Trinajstić information content (AvgIpc) is 1.93. The summed E-state index contributed by atoms with van der Waals surface area (Å²) in [5, 5.41) is 0. The summed E-state index contributed by atoms with van der Waals surface area (Å²) in [6.45, 7) is 0.724. The summed E-state index contributed by atoms with van der Waals surface area (Å²) in [4.78, 5) is 0. The highest BCUT2D eigenvalue weighted by Crippen LogP contribution is 1.89. The van der Waals surface area contributed by atoms with Crippen LogP contribution in [0.2, 0.25) is 0 Å². The van der Waals surface area contributed by atoms with Gasteiger partial charge in [0.1, 0.15) is 0 Å². The van der Waals surface area contributed by atoms with Crippen molar-refractivity contribution < 1.29 is 25.8 Å². The second-order valence-corrected chi connectivity index (χ2v) is 7.24. The van der Waals surface area contributed by atoms with Crippen molar-refractivity contribution in [3.63, 3.8) is 0 Å². The van der Waals surface area contributed by atoms with Crippen molar-refractivity contribution in [2.75, 3.05) is 32.8 Å². The van der Waals surface area contributed by atoms with Crippen molar-refractivity contribution >= 4 is 29.9 Å². The molecule has 0 N–H and O–H groups in total. The van der Waals surface area contributed by atoms with Crippen molar-refractivity contribution in [2.45, 2.75) is 6.42 Å². The van der Waals surface area contributed by atoms with E-state index in [1.807, 2.05) is 0 Å². The van der Waals surface area contributed by atoms with Gasteiger partial charge in [-0.05, 0) is 6.42 Å². The third kappa shape index (κ3) is 40.9. The Morgan fingerprint density at radius 3 is 1.73 bits per heavy atom. The van der Waals surface area contributed by atoms with Gasteiger partial charge in [0.15, 0.2) is 0 Å². The molecule has 0 spiro atoms. The van der Waals surface area contributed by atoms with Gasteiger partial charge in [0.05, 0.1) is 19.1 Å². The van der Waals surface area contributed by atoms with E-state index in [2.05, 4.69) is 19.6 Å². The summed E-state index contributed by atoms with van der Waals surface area (Å²) in [6.07, 6.45) is 2.55. The molecule has 15 heavy (non-hydrogen) atoms. The smallest absolute Gasteiger partial charge is 0.264 e. The Labute approximate surface area is 95.1 Å². The topological polar surface area (TPSA) is 86.7 Å². The number of rotatable bonds is 5. The van der Waals surface area contributed by atoms with Crippen LogP contribution in [0.3, 0.4) is 0 Å². The summed E-state index contributed by atoms with van der Waals surface area (Å²) >= 11 is 0. The molecule has 0 rings (SSSR count). The molecule has 0 heterocycles. The monoisotopic (exact) mass is 282 g/mol. The van der Waals surface area contributed by atoms with Crippen LogP contribution in [0.1, 0.15) is 6.42 Å². The van der Waals surface area contributed by atoms with Gasteiger partial charge in [-0.2, -0.15) is 8.42 Å². The molecule has 0 aromatic heterocycles. The lowest BCUT2D eigenvalue weighted by molar-refractivity contribution is 0.174. The van der Waals surface area contributed by atoms with Crippen molar-refractivity contribution in [2.24, 2.45) is 0 Å². The highest BCUT2D eigenvalue weighted by Gasteiger charge is 1.99. The zero-order valence-corrected chi connectivity index (χ0v) is 11.2. The lowest BCUT2D eigenvalue weighted by atomic mass is 10.5. The van der Waals surface area contributed by atoms with Crippen LogP contribution >= 0.6 is 10.7 Å². The van der Waals surface area contributed by atoms with Gasteiger partial charge in [-0.1, -0.05) is 0 Å². The van der Waals surface area contributed by atoms with Gasteiger partial charge in [-0.25, -0.2) is 8.42 Å². The van der Waals surface area contributed by atoms with Gasteiger partial charge in [0, 0.05) is 24.4 Å². The molecule has 0 saturated heterocycles. The second kappa shape index (κ2) is 8.28. The molecule has 0 fully saturated rings. The summed E-state index contributed by atoms with van der Waals surface area (Å²) in [7, 11) is -0.396. The quantitative estimate of drug-likeness (QED) is 0.406. The molecule has 0 aliphatic heterocycles. The predicted molar refractivity (Wildman–Crippen MR) is 58.0 cm³/mol. The normalized spacial score (nSPS) is 11.7. The van der Waals surface area contributed by atoms with E-state index in [4.69, 9.17) is 0 Å². The molecule has 9 heteroatoms. The zero-order valence-electron chi connectivity index (χ0n) is 8.77. The molecule has 0 aromatic rings. The molecule has 0 aliphatic rings. The Balaban J connectivity index is 0. The molecular weight excluding hydrogens is 268 g/mol. The van der Waals surface area contributed by atoms with Crippen LogP contribution in [-0.2, 0) is 28.1 Å². The number of halogens is 1. The molecule has 0 saturated carbocycles. The Kier molecular flexibility index (Phi) is 9.67. The summed E-state index contributed by atoms with van der Waals surface area (Å²) < 4.78 is 48.6. The van der Waals surface area contributed by atoms with E-state index < -0.39 is 19.2 Å². The molecule has 0 atom stereocenters. The second-order valence-electron chi connectivity index (χ2n) is 2.55. The van der Waals surface area contributed by atoms with E-state index in [-0.39, 0.29) is 6.61 Å². The van der Waals surface area contributed by atoms with Crippen LogP contribution in [0.4, 0.5) is 0 Å². The minimum atomic E-state index is -3.26. The van der Waals surface area contributed by atoms with Crippen molar-refractivity contribution in [1.29, 1.82) is 0 Å². The Hall–Kier alpha value is 0.110. The molecule has 0 unspecified atom stereocenters. The number of ether oxygens (including phenoxy) is 1. The van der Waals surface area contributed by atoms with E-state index in [1.54, 1.807) is 7.11 Å². The van der Waals surface area contributed by atoms with Crippen LogP contribution in [0.25, 0.3) is 0 Å². The summed E-state index contributed by atoms with van der Waals surface area (Å²) in [5.41, 5.74) is 0. The predicted octanol–water partition coefficient (Wildman–Crippen LogP) is 0.184. The number of methoxy groups -OCH3 is 1. The fraction of sp³-hybridized carbons (Fsp3) is 1.00. The molecule has 0 aromatic carbocycles. The highest BCUT2D eigenvalue weighted by molar-refractivity contribution is 8.13. The molecular formula is C6H15ClO6S2. The van der Waals surface area contributed by atoms with E-state index in [0.717, 1.165) is 12.5 Å². The standard InChI is InChI=1S/C5H12O4S.CH3ClO2S/c1-8-4-3-5-9-10(2,6)7;1-5(2,3)4/h3-5H2,1-2H3;1H3. The van der Waals surface area contributed by atoms with Gasteiger partial charge in [-0.3, -0.25) is 4.18 Å². The maximum atomic E-state index is 10.3. The SMILES string of the molecule is COCCCOS(C)(=O)=O.CS(=O)(=O)Cl. The molecule has 0 amide bonds. The largest absolute Gasteiger partial charge is 0.385 e. The van der Waals surface area contributed by atoms with E-state index >= 15 is 0 Å². The maximum absolute atomic E-state index is 10.3. The molecule has 0 aliphatic carbocycles. The first-order valence-electron chi connectivity index (χ1n) is 3.79. The first-order valence-corrected chi connectivity index (χ1v) is 8.32. The third-order valence-corrected chi connectivity index (χ3v) is 1.39. The number of hydrogen-bond acceptors (Lipinski definition) is 6. The zero-order chi connectivity index (χ0) is 12.5. The first-order chi connectivity index (χ1) is 6.56. The summed E-state index contributed by atoms with van der Waals surface area (Å²) in [6, 6.07) is 0. The minimum absolute atomic E-state index is 0.201. The van der Waals surface area contributed by atoms with Gasteiger partial charge in [0.2, 0.25) is 9.05 Å². The third-order valence-electron chi connectivity index (χ3n) is 0.790. The van der Waals surface area contributed by atoms with Gasteiger partial charge in [-0.15, -0.1) is 0 Å². The lowest BCUT2D eigenvalue weighted by Crippen LogP contribution is -2.05. The Bertz CT molecular complexity index is 325. The first kappa shape index (κ1) is 17.5. The van der Waals surface area contributed by atoms with Crippen LogP contribution in [-0.4, -0.2) is 49.7 Å². The van der Waals surface area contributed by atoms with Crippen LogP contribution in [0.15, 0.2) is 0 Å². The van der Waals surface area contributed by atoms with Crippen LogP contribution in [0, 0.1) is 0 Å². The van der Waals surface area contributed by atoms with Gasteiger partial charge in [0.25, 0.3) is 10.1 Å². The van der Waals surface area contributed by atoms with Crippen LogP contribution < -0.4 is 0 Å².